The average Bonchev–Trinajstić information content (AvgIpc) is 0.811. The normalized spacial score (nSPS) is 10.8. The van der Waals surface area contributed by atoms with Gasteiger partial charge in [0.2, 0.25) is 0 Å². The summed E-state index contributed by atoms with van der Waals surface area (Å²) in [5, 5.41) is 0. The van der Waals surface area contributed by atoms with Crippen LogP contribution in [0.25, 0.3) is 0 Å². The van der Waals surface area contributed by atoms with Crippen molar-refractivity contribution < 1.29 is 20.5 Å². The fraction of sp³-hybridized carbons (Fsp3) is 0. The summed E-state index contributed by atoms with van der Waals surface area (Å²) in [7, 11) is 4.18. The van der Waals surface area contributed by atoms with Crippen molar-refractivity contribution in [1.82, 2.24) is 0 Å². The van der Waals surface area contributed by atoms with Gasteiger partial charge >= 0.3 is 30.6 Å². The molecule has 0 rings (SSSR count). The van der Waals surface area contributed by atoms with E-state index in [0.29, 0.717) is 0 Å². The van der Waals surface area contributed by atoms with E-state index in [2.05, 4.69) is 10.1 Å². The Morgan fingerprint density at radius 1 is 1.50 bits per heavy atom. The van der Waals surface area contributed by atoms with Crippen LogP contribution in [0.4, 0.5) is 0 Å². The van der Waals surface area contributed by atoms with Crippen molar-refractivity contribution >= 4 is 10.1 Å². The SMILES string of the molecule is [O]=[Cu](=[O])[Cl]. The molecule has 0 spiro atoms. The molecule has 0 heterocycles. The Labute approximate surface area is 31.3 Å². The summed E-state index contributed by atoms with van der Waals surface area (Å²) in [5.74, 6) is 0. The molecule has 4 heteroatoms. The minimum absolute atomic E-state index is 2.34. The molecule has 0 aromatic heterocycles. The zero-order chi connectivity index (χ0) is 3.58. The maximum atomic E-state index is 8.76. The molecule has 0 amide bonds. The fourth-order valence-corrected chi connectivity index (χ4v) is 0. The van der Waals surface area contributed by atoms with Crippen LogP contribution < -0.4 is 0 Å². The molecule has 0 bridgehead atoms. The van der Waals surface area contributed by atoms with Crippen LogP contribution in [0.5, 0.6) is 0 Å². The predicted octanol–water partition coefficient (Wildman–Crippen LogP) is 0.449. The Kier molecular flexibility index (Phi) is 1.88. The van der Waals surface area contributed by atoms with Crippen LogP contribution >= 0.6 is 10.1 Å². The quantitative estimate of drug-likeness (QED) is 0.447. The number of rotatable bonds is 0. The van der Waals surface area contributed by atoms with E-state index in [9.17, 15) is 0 Å². The third-order valence-electron chi connectivity index (χ3n) is 0. The van der Waals surface area contributed by atoms with E-state index in [4.69, 9.17) is 7.67 Å². The van der Waals surface area contributed by atoms with Gasteiger partial charge in [-0.25, -0.2) is 0 Å². The summed E-state index contributed by atoms with van der Waals surface area (Å²) in [6.45, 7) is 0. The first-order valence-electron chi connectivity index (χ1n) is 0.360. The molecule has 0 atom stereocenters. The third-order valence-corrected chi connectivity index (χ3v) is 0. The zero-order valence-electron chi connectivity index (χ0n) is 1.50. The molecule has 0 saturated heterocycles. The van der Waals surface area contributed by atoms with Gasteiger partial charge in [0.15, 0.2) is 0 Å². The summed E-state index contributed by atoms with van der Waals surface area (Å²) in [4.78, 5) is 0. The molecule has 30 valence electrons. The van der Waals surface area contributed by atoms with Gasteiger partial charge < -0.3 is 0 Å². The van der Waals surface area contributed by atoms with Crippen molar-refractivity contribution in [3.63, 3.8) is 0 Å². The number of hydrogen-bond acceptors (Lipinski definition) is 2. The summed E-state index contributed by atoms with van der Waals surface area (Å²) in [6.07, 6.45) is 0. The molecule has 4 heavy (non-hydrogen) atoms. The molecular weight excluding hydrogens is 131 g/mol. The summed E-state index contributed by atoms with van der Waals surface area (Å²) >= 11 is -2.34. The molecule has 0 aromatic rings. The van der Waals surface area contributed by atoms with Gasteiger partial charge in [0.05, 0.1) is 0 Å². The Morgan fingerprint density at radius 3 is 1.50 bits per heavy atom. The van der Waals surface area contributed by atoms with Crippen LogP contribution in [0.2, 0.25) is 0 Å². The molecule has 2 nitrogen and oxygen atoms in total. The first-order chi connectivity index (χ1) is 1.73. The van der Waals surface area contributed by atoms with E-state index in [1.54, 1.807) is 0 Å². The van der Waals surface area contributed by atoms with Crippen LogP contribution in [0.1, 0.15) is 0 Å². The van der Waals surface area contributed by atoms with Crippen molar-refractivity contribution in [2.24, 2.45) is 0 Å². The minimum atomic E-state index is -2.34. The Balaban J connectivity index is 3.51. The van der Waals surface area contributed by atoms with Crippen LogP contribution in [-0.4, -0.2) is 0 Å². The van der Waals surface area contributed by atoms with E-state index in [1.807, 2.05) is 0 Å². The average molecular weight is 131 g/mol. The molecule has 0 aliphatic heterocycles. The zero-order valence-corrected chi connectivity index (χ0v) is 3.19. The van der Waals surface area contributed by atoms with E-state index in [-0.39, 0.29) is 0 Å². The second kappa shape index (κ2) is 1.70. The Bertz CT molecular complexity index is 54.4. The molecule has 0 fully saturated rings. The molecular formula is ClCuO2. The van der Waals surface area contributed by atoms with E-state index < -0.39 is 12.9 Å². The molecule has 0 aliphatic rings. The second-order valence-electron chi connectivity index (χ2n) is 0.143. The van der Waals surface area contributed by atoms with E-state index >= 15 is 0 Å². The number of halogens is 1. The van der Waals surface area contributed by atoms with Crippen molar-refractivity contribution in [3.8, 4) is 0 Å². The van der Waals surface area contributed by atoms with Crippen molar-refractivity contribution in [3.05, 3.63) is 0 Å². The Morgan fingerprint density at radius 2 is 1.50 bits per heavy atom. The summed E-state index contributed by atoms with van der Waals surface area (Å²) in [6, 6.07) is 0. The molecule has 0 aromatic carbocycles. The van der Waals surface area contributed by atoms with Gasteiger partial charge in [0.25, 0.3) is 0 Å². The third kappa shape index (κ3) is 28.5. The van der Waals surface area contributed by atoms with Crippen LogP contribution in [0.15, 0.2) is 0 Å². The van der Waals surface area contributed by atoms with Crippen LogP contribution in [-0.2, 0) is 20.5 Å². The summed E-state index contributed by atoms with van der Waals surface area (Å²) in [5.41, 5.74) is 0. The summed E-state index contributed by atoms with van der Waals surface area (Å²) < 4.78 is 17.5. The van der Waals surface area contributed by atoms with Gasteiger partial charge in [-0.05, 0) is 0 Å². The van der Waals surface area contributed by atoms with Crippen molar-refractivity contribution in [2.45, 2.75) is 0 Å². The van der Waals surface area contributed by atoms with Crippen molar-refractivity contribution in [2.75, 3.05) is 0 Å². The van der Waals surface area contributed by atoms with Crippen LogP contribution in [0.3, 0.4) is 0 Å². The fourth-order valence-electron chi connectivity index (χ4n) is 0. The second-order valence-corrected chi connectivity index (χ2v) is 1.36. The van der Waals surface area contributed by atoms with Gasteiger partial charge in [-0.15, -0.1) is 0 Å². The first-order valence-corrected chi connectivity index (χ1v) is 2.42. The van der Waals surface area contributed by atoms with Gasteiger partial charge in [-0.3, -0.25) is 0 Å². The molecule has 0 unspecified atom stereocenters. The van der Waals surface area contributed by atoms with Crippen LogP contribution in [0, 0.1) is 0 Å². The molecule has 0 N–H and O–H groups in total. The molecule has 0 aliphatic carbocycles. The molecule has 0 saturated carbocycles. The predicted molar refractivity (Wildman–Crippen MR) is 7.23 cm³/mol. The molecule has 0 radical (unpaired) electrons. The first kappa shape index (κ1) is 4.41. The maximum absolute atomic E-state index is 8.76. The van der Waals surface area contributed by atoms with Gasteiger partial charge in [0.1, 0.15) is 0 Å². The monoisotopic (exact) mass is 130 g/mol. The van der Waals surface area contributed by atoms with Gasteiger partial charge in [0, 0.05) is 0 Å². The van der Waals surface area contributed by atoms with Crippen molar-refractivity contribution in [1.29, 1.82) is 0 Å². The van der Waals surface area contributed by atoms with E-state index in [1.165, 1.54) is 0 Å². The van der Waals surface area contributed by atoms with E-state index in [0.717, 1.165) is 0 Å². The van der Waals surface area contributed by atoms with Gasteiger partial charge in [-0.2, -0.15) is 0 Å². The standard InChI is InChI=1S/ClH.Cu.2O/h1H;;;/q;+1;;/p-1. The topological polar surface area (TPSA) is 34.1 Å². The van der Waals surface area contributed by atoms with Gasteiger partial charge in [-0.1, -0.05) is 0 Å². The Hall–Kier alpha value is 0.409. The number of hydrogen-bond donors (Lipinski definition) is 0.